The van der Waals surface area contributed by atoms with Crippen molar-refractivity contribution in [1.82, 2.24) is 35.9 Å². The van der Waals surface area contributed by atoms with Crippen molar-refractivity contribution >= 4 is 102 Å². The molecule has 6 aromatic heterocycles. The average Bonchev–Trinajstić information content (AvgIpc) is 1.75. The topological polar surface area (TPSA) is 276 Å². The summed E-state index contributed by atoms with van der Waals surface area (Å²) in [4.78, 5) is 53.3. The number of sulfone groups is 3. The maximum absolute atomic E-state index is 13.2. The van der Waals surface area contributed by atoms with Gasteiger partial charge >= 0.3 is 0 Å². The zero-order valence-corrected chi connectivity index (χ0v) is 57.4. The summed E-state index contributed by atoms with van der Waals surface area (Å²) in [5, 5.41) is 11.1. The second-order valence-electron chi connectivity index (χ2n) is 22.7. The van der Waals surface area contributed by atoms with Crippen molar-refractivity contribution in [2.24, 2.45) is 0 Å². The molecule has 0 aliphatic heterocycles. The van der Waals surface area contributed by atoms with Crippen LogP contribution in [-0.2, 0) is 49.1 Å². The van der Waals surface area contributed by atoms with E-state index < -0.39 is 42.5 Å². The predicted molar refractivity (Wildman–Crippen MR) is 375 cm³/mol. The first-order valence-electron chi connectivity index (χ1n) is 30.8. The molecule has 13 rings (SSSR count). The van der Waals surface area contributed by atoms with Crippen LogP contribution in [0.5, 0.6) is 17.2 Å². The van der Waals surface area contributed by atoms with E-state index in [1.54, 1.807) is 140 Å². The molecule has 0 spiro atoms. The predicted octanol–water partition coefficient (Wildman–Crippen LogP) is 15.3. The maximum Gasteiger partial charge on any atom is 0.287 e. The van der Waals surface area contributed by atoms with Crippen LogP contribution in [0, 0.1) is 5.82 Å². The lowest BCUT2D eigenvalue weighted by atomic mass is 10.0. The second-order valence-corrected chi connectivity index (χ2v) is 30.1. The summed E-state index contributed by atoms with van der Waals surface area (Å²) in [6, 6.07) is 51.6. The van der Waals surface area contributed by atoms with Gasteiger partial charge in [-0.2, -0.15) is 0 Å². The van der Waals surface area contributed by atoms with E-state index in [1.165, 1.54) is 84.1 Å². The molecule has 0 saturated heterocycles. The fourth-order valence-corrected chi connectivity index (χ4v) is 15.2. The molecule has 3 amide bonds. The first-order chi connectivity index (χ1) is 48.5. The van der Waals surface area contributed by atoms with Crippen molar-refractivity contribution in [3.63, 3.8) is 0 Å². The van der Waals surface area contributed by atoms with Crippen molar-refractivity contribution in [1.29, 1.82) is 0 Å². The fraction of sp³-hybridized carbons (Fsp3) is 0.108. The molecule has 0 bridgehead atoms. The zero-order valence-electron chi connectivity index (χ0n) is 53.4. The number of thiophene rings is 1. The van der Waals surface area contributed by atoms with Crippen molar-refractivity contribution in [2.45, 2.75) is 75.2 Å². The molecule has 7 aromatic carbocycles. The van der Waals surface area contributed by atoms with Gasteiger partial charge in [0, 0.05) is 71.9 Å². The number of benzene rings is 7. The highest BCUT2D eigenvalue weighted by Crippen LogP contribution is 2.34. The summed E-state index contributed by atoms with van der Waals surface area (Å²) >= 11 is 7.30. The number of aromatic nitrogens is 4. The van der Waals surface area contributed by atoms with Crippen LogP contribution in [0.4, 0.5) is 13.2 Å². The summed E-state index contributed by atoms with van der Waals surface area (Å²) in [6.45, 7) is 3.76. The lowest BCUT2D eigenvalue weighted by molar-refractivity contribution is 0.0804. The standard InChI is InChI=1S/C27H19FN2O4S2.C24H22N2O4S.C23H18ClF2N3O4S/c28-20-6-8-21(9-7-20)34-22-2-1-3-24(15-22)36(32,33)23-10-4-18(5-11-23)16-30-27(31)25-14-19-12-13-29-17-26(19)35-25;1-16(2)18-4-3-5-21(12-18)31(28,29)20-8-6-17(7-9-20)14-26-24(27)22-13-19-10-11-25-15-23(19)30-22;24-16-3-6-20(33-13-22(25)26)21(10-16)34(31,32)17-4-1-14(2-5-17)11-28-23(30)19-9-15-12-27-8-7-18(15)29-19/h1-15,17H,16H2,(H,30,31);3-13,15-16H,14H2,1-2H3,(H,26,27);1-10,12,22,29H,11,13H2,(H,28,30). The molecule has 0 aliphatic carbocycles. The molecule has 0 unspecified atom stereocenters. The van der Waals surface area contributed by atoms with Gasteiger partial charge in [-0.05, 0) is 179 Å². The third-order valence-corrected chi connectivity index (χ3v) is 22.0. The third kappa shape index (κ3) is 17.7. The molecule has 4 N–H and O–H groups in total. The van der Waals surface area contributed by atoms with Gasteiger partial charge in [-0.3, -0.25) is 29.3 Å². The number of alkyl halides is 2. The maximum atomic E-state index is 13.2. The Balaban J connectivity index is 0.000000153. The van der Waals surface area contributed by atoms with Crippen molar-refractivity contribution in [3.8, 4) is 17.2 Å². The number of fused-ring (bicyclic) bond motifs is 3. The van der Waals surface area contributed by atoms with E-state index >= 15 is 0 Å². The minimum atomic E-state index is -4.10. The Bertz CT molecular complexity index is 5410. The lowest BCUT2D eigenvalue weighted by Gasteiger charge is -2.13. The Morgan fingerprint density at radius 1 is 0.545 bits per heavy atom. The number of amides is 3. The molecule has 101 heavy (non-hydrogen) atoms. The van der Waals surface area contributed by atoms with Gasteiger partial charge in [0.05, 0.1) is 40.3 Å². The number of rotatable bonds is 21. The van der Waals surface area contributed by atoms with Crippen LogP contribution in [0.1, 0.15) is 72.7 Å². The molecule has 13 aromatic rings. The number of carbonyl (C=O) groups is 3. The van der Waals surface area contributed by atoms with Crippen molar-refractivity contribution in [2.75, 3.05) is 6.61 Å². The third-order valence-electron chi connectivity index (χ3n) is 15.4. The van der Waals surface area contributed by atoms with Gasteiger partial charge in [0.1, 0.15) is 40.3 Å². The van der Waals surface area contributed by atoms with E-state index in [0.29, 0.717) is 33.2 Å². The van der Waals surface area contributed by atoms with Crippen LogP contribution >= 0.6 is 22.9 Å². The second kappa shape index (κ2) is 31.4. The first kappa shape index (κ1) is 71.3. The highest BCUT2D eigenvalue weighted by Gasteiger charge is 2.25. The smallest absolute Gasteiger partial charge is 0.287 e. The molecule has 0 radical (unpaired) electrons. The zero-order chi connectivity index (χ0) is 71.4. The summed E-state index contributed by atoms with van der Waals surface area (Å²) < 4.78 is 134. The monoisotopic (exact) mass is 1460 g/mol. The van der Waals surface area contributed by atoms with Gasteiger partial charge in [0.15, 0.2) is 11.3 Å². The minimum Gasteiger partial charge on any atom is -0.486 e. The number of hydrogen-bond acceptors (Lipinski definition) is 16. The van der Waals surface area contributed by atoms with Gasteiger partial charge in [-0.25, -0.2) is 38.4 Å². The Hall–Kier alpha value is -11.0. The average molecular weight is 1460 g/mol. The number of pyridine rings is 3. The molecule has 6 heterocycles. The van der Waals surface area contributed by atoms with Crippen LogP contribution in [0.2, 0.25) is 5.02 Å². The molecule has 0 fully saturated rings. The molecule has 0 aliphatic rings. The molecule has 0 saturated carbocycles. The van der Waals surface area contributed by atoms with E-state index in [-0.39, 0.29) is 95.0 Å². The largest absolute Gasteiger partial charge is 0.486 e. The lowest BCUT2D eigenvalue weighted by Crippen LogP contribution is -2.23. The molecule has 0 atom stereocenters. The van der Waals surface area contributed by atoms with Crippen molar-refractivity contribution in [3.05, 3.63) is 287 Å². The van der Waals surface area contributed by atoms with Gasteiger partial charge in [0.25, 0.3) is 24.1 Å². The number of H-pyrrole nitrogens is 1. The van der Waals surface area contributed by atoms with E-state index in [0.717, 1.165) is 49.1 Å². The van der Waals surface area contributed by atoms with E-state index in [4.69, 9.17) is 25.5 Å². The number of ether oxygens (including phenoxy) is 2. The quantitative estimate of drug-likeness (QED) is 0.0520. The first-order valence-corrected chi connectivity index (χ1v) is 36.4. The molecule has 27 heteroatoms. The van der Waals surface area contributed by atoms with Gasteiger partial charge in [-0.15, -0.1) is 11.3 Å². The van der Waals surface area contributed by atoms with Crippen LogP contribution in [0.3, 0.4) is 0 Å². The van der Waals surface area contributed by atoms with Crippen LogP contribution in [0.25, 0.3) is 32.0 Å². The van der Waals surface area contributed by atoms with Crippen LogP contribution in [-0.4, -0.2) is 75.9 Å². The number of nitrogens with one attached hydrogen (secondary N) is 4. The Morgan fingerprint density at radius 2 is 1.11 bits per heavy atom. The normalized spacial score (nSPS) is 11.6. The van der Waals surface area contributed by atoms with E-state index in [9.17, 15) is 52.8 Å². The number of hydrogen-bond donors (Lipinski definition) is 4. The summed E-state index contributed by atoms with van der Waals surface area (Å²) in [6.07, 6.45) is 7.10. The Morgan fingerprint density at radius 3 is 1.71 bits per heavy atom. The number of furan rings is 1. The van der Waals surface area contributed by atoms with Crippen LogP contribution in [0.15, 0.2) is 271 Å². The van der Waals surface area contributed by atoms with Gasteiger partial charge < -0.3 is 34.8 Å². The van der Waals surface area contributed by atoms with Gasteiger partial charge in [-0.1, -0.05) is 80.0 Å². The molecular weight excluding hydrogens is 1400 g/mol. The summed E-state index contributed by atoms with van der Waals surface area (Å²) in [7, 11) is -11.5. The SMILES string of the molecule is CC(C)c1cccc(S(=O)(=O)c2ccc(CNC(=O)c3cc4ccncc4o3)cc2)c1.O=C(NCc1ccc(S(=O)(=O)c2cc(Cl)ccc2OCC(F)F)cc1)c1cc2cnccc2[nH]1.O=C(NCc1ccc(S(=O)(=O)c2cccc(Oc3ccc(F)cc3)c2)cc1)c1cc2ccncc2s1. The van der Waals surface area contributed by atoms with Gasteiger partial charge in [0.2, 0.25) is 29.5 Å². The number of nitrogens with zero attached hydrogens (tertiary/aromatic N) is 3. The molecule has 19 nitrogen and oxygen atoms in total. The highest BCUT2D eigenvalue weighted by molar-refractivity contribution is 7.92. The molecular formula is C74H59ClF3N7O12S4. The molecule has 514 valence electrons. The number of halogens is 4. The summed E-state index contributed by atoms with van der Waals surface area (Å²) in [5.41, 5.74) is 4.88. The number of carbonyl (C=O) groups excluding carboxylic acids is 3. The van der Waals surface area contributed by atoms with E-state index in [1.807, 2.05) is 32.0 Å². The van der Waals surface area contributed by atoms with E-state index in [2.05, 4.69) is 35.9 Å². The Labute approximate surface area is 586 Å². The summed E-state index contributed by atoms with van der Waals surface area (Å²) in [5.74, 6) is -0.328. The van der Waals surface area contributed by atoms with Crippen LogP contribution < -0.4 is 25.4 Å². The fourth-order valence-electron chi connectivity index (χ4n) is 10.0. The number of aromatic amines is 1. The van der Waals surface area contributed by atoms with Crippen molar-refractivity contribution < 1.29 is 66.7 Å². The minimum absolute atomic E-state index is 0.0717. The highest BCUT2D eigenvalue weighted by atomic mass is 35.5. The Kier molecular flexibility index (Phi) is 22.2.